The van der Waals surface area contributed by atoms with E-state index in [-0.39, 0.29) is 18.9 Å². The van der Waals surface area contributed by atoms with Gasteiger partial charge < -0.3 is 4.74 Å². The van der Waals surface area contributed by atoms with E-state index in [0.29, 0.717) is 6.42 Å². The highest BCUT2D eigenvalue weighted by Gasteiger charge is 2.26. The highest BCUT2D eigenvalue weighted by Crippen LogP contribution is 2.34. The summed E-state index contributed by atoms with van der Waals surface area (Å²) < 4.78 is 72.2. The van der Waals surface area contributed by atoms with E-state index in [2.05, 4.69) is 4.74 Å². The quantitative estimate of drug-likeness (QED) is 0.442. The van der Waals surface area contributed by atoms with Crippen LogP contribution in [-0.2, 0) is 4.79 Å². The second-order valence-electron chi connectivity index (χ2n) is 4.27. The fraction of sp³-hybridized carbons (Fsp3) is 0.357. The van der Waals surface area contributed by atoms with Crippen LogP contribution >= 0.6 is 0 Å². The monoisotopic (exact) mass is 308 g/mol. The van der Waals surface area contributed by atoms with Gasteiger partial charge in [0.05, 0.1) is 5.56 Å². The normalized spacial score (nSPS) is 12.1. The van der Waals surface area contributed by atoms with Crippen molar-refractivity contribution in [1.82, 2.24) is 0 Å². The average Bonchev–Trinajstić information content (AvgIpc) is 2.40. The van der Waals surface area contributed by atoms with Crippen molar-refractivity contribution < 1.29 is 31.5 Å². The van der Waals surface area contributed by atoms with Crippen molar-refractivity contribution in [2.24, 2.45) is 0 Å². The molecular formula is C14H13F5O2. The van der Waals surface area contributed by atoms with Gasteiger partial charge in [-0.25, -0.2) is 22.0 Å². The fourth-order valence-corrected chi connectivity index (χ4v) is 1.59. The molecule has 1 rings (SSSR count). The van der Waals surface area contributed by atoms with Gasteiger partial charge in [0.25, 0.3) is 0 Å². The average molecular weight is 308 g/mol. The summed E-state index contributed by atoms with van der Waals surface area (Å²) in [4.78, 5) is 10.7. The van der Waals surface area contributed by atoms with Crippen LogP contribution in [0.2, 0.25) is 0 Å². The Bertz CT molecular complexity index is 581. The molecule has 116 valence electrons. The highest BCUT2D eigenvalue weighted by molar-refractivity contribution is 5.71. The SMILES string of the molecule is CCCC/C(F)=C(\F)c1c(F)cc(F)c(OC(C)=O)c1F. The lowest BCUT2D eigenvalue weighted by Gasteiger charge is -2.10. The zero-order valence-electron chi connectivity index (χ0n) is 11.4. The van der Waals surface area contributed by atoms with Gasteiger partial charge in [-0.05, 0) is 6.42 Å². The van der Waals surface area contributed by atoms with E-state index in [9.17, 15) is 26.7 Å². The van der Waals surface area contributed by atoms with Gasteiger partial charge >= 0.3 is 5.97 Å². The van der Waals surface area contributed by atoms with E-state index in [4.69, 9.17) is 0 Å². The minimum atomic E-state index is -1.80. The molecule has 0 aliphatic carbocycles. The molecule has 0 bridgehead atoms. The summed E-state index contributed by atoms with van der Waals surface area (Å²) in [5, 5.41) is 0. The van der Waals surface area contributed by atoms with Crippen molar-refractivity contribution in [2.45, 2.75) is 33.1 Å². The number of carbonyl (C=O) groups excluding carboxylic acids is 1. The molecule has 7 heteroatoms. The zero-order valence-corrected chi connectivity index (χ0v) is 11.4. The standard InChI is InChI=1S/C14H13F5O2/c1-3-4-5-8(15)12(18)11-9(16)6-10(17)14(13(11)19)21-7(2)20/h6H,3-5H2,1-2H3/b12-8+. The number of halogens is 5. The van der Waals surface area contributed by atoms with Gasteiger partial charge in [-0.3, -0.25) is 4.79 Å². The Kier molecular flexibility index (Phi) is 5.87. The first-order chi connectivity index (χ1) is 9.79. The summed E-state index contributed by atoms with van der Waals surface area (Å²) in [5.74, 6) is -10.4. The first-order valence-electron chi connectivity index (χ1n) is 6.20. The number of allylic oxidation sites excluding steroid dienone is 1. The largest absolute Gasteiger partial charge is 0.420 e. The number of carbonyl (C=O) groups is 1. The van der Waals surface area contributed by atoms with Crippen molar-refractivity contribution in [3.05, 3.63) is 34.9 Å². The molecule has 1 aromatic rings. The molecule has 0 radical (unpaired) electrons. The third-order valence-electron chi connectivity index (χ3n) is 2.58. The molecule has 2 nitrogen and oxygen atoms in total. The van der Waals surface area contributed by atoms with Crippen molar-refractivity contribution in [3.8, 4) is 5.75 Å². The van der Waals surface area contributed by atoms with Crippen molar-refractivity contribution in [1.29, 1.82) is 0 Å². The van der Waals surface area contributed by atoms with Crippen LogP contribution in [0.1, 0.15) is 38.7 Å². The van der Waals surface area contributed by atoms with E-state index < -0.39 is 46.4 Å². The molecule has 21 heavy (non-hydrogen) atoms. The number of hydrogen-bond donors (Lipinski definition) is 0. The summed E-state index contributed by atoms with van der Waals surface area (Å²) in [6.45, 7) is 2.58. The number of hydrogen-bond acceptors (Lipinski definition) is 2. The van der Waals surface area contributed by atoms with Gasteiger partial charge in [0.2, 0.25) is 5.75 Å². The maximum absolute atomic E-state index is 13.9. The Morgan fingerprint density at radius 3 is 2.33 bits per heavy atom. The number of benzene rings is 1. The minimum absolute atomic E-state index is 0.128. The topological polar surface area (TPSA) is 26.3 Å². The number of rotatable bonds is 5. The molecule has 0 aliphatic rings. The van der Waals surface area contributed by atoms with E-state index in [0.717, 1.165) is 6.92 Å². The predicted octanol–water partition coefficient (Wildman–Crippen LogP) is 4.83. The maximum Gasteiger partial charge on any atom is 0.308 e. The number of unbranched alkanes of at least 4 members (excludes halogenated alkanes) is 1. The molecule has 0 saturated heterocycles. The van der Waals surface area contributed by atoms with Gasteiger partial charge in [-0.2, -0.15) is 0 Å². The number of ether oxygens (including phenoxy) is 1. The Hall–Kier alpha value is -1.92. The van der Waals surface area contributed by atoms with E-state index in [1.54, 1.807) is 6.92 Å². The first-order valence-corrected chi connectivity index (χ1v) is 6.20. The molecule has 0 heterocycles. The molecule has 0 N–H and O–H groups in total. The molecule has 0 aromatic heterocycles. The molecule has 0 spiro atoms. The smallest absolute Gasteiger partial charge is 0.308 e. The third kappa shape index (κ3) is 4.03. The van der Waals surface area contributed by atoms with Crippen LogP contribution in [-0.4, -0.2) is 5.97 Å². The van der Waals surface area contributed by atoms with Gasteiger partial charge in [0.15, 0.2) is 17.5 Å². The van der Waals surface area contributed by atoms with E-state index >= 15 is 0 Å². The molecule has 0 atom stereocenters. The Labute approximate surface area is 118 Å². The van der Waals surface area contributed by atoms with E-state index in [1.807, 2.05) is 0 Å². The van der Waals surface area contributed by atoms with Crippen molar-refractivity contribution in [2.75, 3.05) is 0 Å². The highest BCUT2D eigenvalue weighted by atomic mass is 19.2. The molecule has 0 unspecified atom stereocenters. The second-order valence-corrected chi connectivity index (χ2v) is 4.27. The molecular weight excluding hydrogens is 295 g/mol. The summed E-state index contributed by atoms with van der Waals surface area (Å²) >= 11 is 0. The summed E-state index contributed by atoms with van der Waals surface area (Å²) in [5.41, 5.74) is -1.39. The second kappa shape index (κ2) is 7.19. The van der Waals surface area contributed by atoms with Gasteiger partial charge in [-0.15, -0.1) is 0 Å². The lowest BCUT2D eigenvalue weighted by Crippen LogP contribution is -2.08. The van der Waals surface area contributed by atoms with Crippen LogP contribution in [0.25, 0.3) is 5.83 Å². The van der Waals surface area contributed by atoms with Gasteiger partial charge in [0, 0.05) is 19.4 Å². The van der Waals surface area contributed by atoms with Crippen LogP contribution in [0.5, 0.6) is 5.75 Å². The summed E-state index contributed by atoms with van der Waals surface area (Å²) in [6, 6.07) is 0.128. The van der Waals surface area contributed by atoms with E-state index in [1.165, 1.54) is 0 Å². The van der Waals surface area contributed by atoms with Gasteiger partial charge in [0.1, 0.15) is 11.6 Å². The molecule has 0 saturated carbocycles. The lowest BCUT2D eigenvalue weighted by molar-refractivity contribution is -0.132. The molecule has 1 aromatic carbocycles. The summed E-state index contributed by atoms with van der Waals surface area (Å²) in [6.07, 6.45) is 0.482. The minimum Gasteiger partial charge on any atom is -0.420 e. The first kappa shape index (κ1) is 17.1. The fourth-order valence-electron chi connectivity index (χ4n) is 1.59. The Morgan fingerprint density at radius 2 is 1.81 bits per heavy atom. The predicted molar refractivity (Wildman–Crippen MR) is 66.3 cm³/mol. The molecule has 0 fully saturated rings. The maximum atomic E-state index is 13.9. The van der Waals surface area contributed by atoms with Crippen LogP contribution in [0.3, 0.4) is 0 Å². The Balaban J connectivity index is 3.39. The van der Waals surface area contributed by atoms with Crippen molar-refractivity contribution >= 4 is 11.8 Å². The van der Waals surface area contributed by atoms with Crippen LogP contribution in [0, 0.1) is 17.5 Å². The zero-order chi connectivity index (χ0) is 16.2. The molecule has 0 amide bonds. The van der Waals surface area contributed by atoms with Crippen molar-refractivity contribution in [3.63, 3.8) is 0 Å². The lowest BCUT2D eigenvalue weighted by atomic mass is 10.1. The van der Waals surface area contributed by atoms with Crippen LogP contribution in [0.4, 0.5) is 22.0 Å². The number of esters is 1. The third-order valence-corrected chi connectivity index (χ3v) is 2.58. The van der Waals surface area contributed by atoms with Crippen LogP contribution in [0.15, 0.2) is 11.9 Å². The Morgan fingerprint density at radius 1 is 1.19 bits per heavy atom. The molecule has 0 aliphatic heterocycles. The summed E-state index contributed by atoms with van der Waals surface area (Å²) in [7, 11) is 0. The van der Waals surface area contributed by atoms with Crippen LogP contribution < -0.4 is 4.74 Å². The van der Waals surface area contributed by atoms with Gasteiger partial charge in [-0.1, -0.05) is 13.3 Å².